The fourth-order valence-electron chi connectivity index (χ4n) is 0. The number of aliphatic carboxylic acids is 3. The van der Waals surface area contributed by atoms with E-state index in [0.717, 1.165) is 19.9 Å². The molecule has 0 aromatic rings. The Balaban J connectivity index is -0.0000000375. The molecule has 0 unspecified atom stereocenters. The van der Waals surface area contributed by atoms with Gasteiger partial charge in [-0.15, -0.1) is 0 Å². The van der Waals surface area contributed by atoms with E-state index in [0.29, 0.717) is 0 Å². The second-order valence-electron chi connectivity index (χ2n) is 1.77. The number of aliphatic hydroxyl groups is 1. The molecular weight excluding hydrogens is 245 g/mol. The predicted molar refractivity (Wildman–Crippen MR) is 59.8 cm³/mol. The number of carboxylic acids is 3. The molecule has 0 aromatic heterocycles. The van der Waals surface area contributed by atoms with Crippen molar-refractivity contribution in [2.75, 3.05) is 6.61 Å². The third-order valence-electron chi connectivity index (χ3n) is 0.0956. The summed E-state index contributed by atoms with van der Waals surface area (Å²) in [7, 11) is 0. The van der Waals surface area contributed by atoms with Crippen LogP contribution in [0.2, 0.25) is 0 Å². The molecule has 0 fully saturated rings. The van der Waals surface area contributed by atoms with E-state index in [2.05, 4.69) is 0 Å². The monoisotopic (exact) mass is 261 g/mol. The van der Waals surface area contributed by atoms with Crippen LogP contribution in [0, 0.1) is 11.3 Å². The molecule has 4 N–H and O–H groups in total. The Morgan fingerprint density at radius 2 is 1.12 bits per heavy atom. The molecule has 0 saturated heterocycles. The van der Waals surface area contributed by atoms with Gasteiger partial charge in [-0.05, 0) is 6.92 Å². The molecule has 17 heavy (non-hydrogen) atoms. The van der Waals surface area contributed by atoms with Crippen molar-refractivity contribution < 1.29 is 34.8 Å². The quantitative estimate of drug-likeness (QED) is 0.249. The van der Waals surface area contributed by atoms with E-state index < -0.39 is 17.9 Å². The number of carboxylic acid groups (broad SMARTS) is 3. The minimum absolute atomic E-state index is 0. The summed E-state index contributed by atoms with van der Waals surface area (Å²) < 4.78 is 0. The summed E-state index contributed by atoms with van der Waals surface area (Å²) in [4.78, 5) is 27.0. The van der Waals surface area contributed by atoms with E-state index in [1.165, 1.54) is 0 Å². The number of carbonyl (C=O) groups is 3. The van der Waals surface area contributed by atoms with Gasteiger partial charge in [0.1, 0.15) is 0 Å². The van der Waals surface area contributed by atoms with E-state index in [9.17, 15) is 0 Å². The molecule has 0 heterocycles. The zero-order valence-electron chi connectivity index (χ0n) is 9.17. The van der Waals surface area contributed by atoms with Crippen LogP contribution in [0.1, 0.15) is 20.8 Å². The zero-order chi connectivity index (χ0) is 14.1. The summed E-state index contributed by atoms with van der Waals surface area (Å²) in [6.07, 6.45) is 0. The molecular formula is C8H16NNaO7. The van der Waals surface area contributed by atoms with Crippen molar-refractivity contribution in [1.82, 2.24) is 0 Å². The summed E-state index contributed by atoms with van der Waals surface area (Å²) in [5, 5.41) is 37.1. The number of nitriles is 1. The number of rotatable bonds is 0. The van der Waals surface area contributed by atoms with Crippen LogP contribution < -0.4 is 0 Å². The van der Waals surface area contributed by atoms with E-state index in [1.807, 2.05) is 0 Å². The second-order valence-corrected chi connectivity index (χ2v) is 1.77. The van der Waals surface area contributed by atoms with E-state index in [1.54, 1.807) is 6.92 Å². The van der Waals surface area contributed by atoms with Gasteiger partial charge in [0, 0.05) is 20.5 Å². The molecule has 0 saturated carbocycles. The van der Waals surface area contributed by atoms with Crippen LogP contribution in [-0.4, -0.2) is 74.5 Å². The number of hydrogen-bond donors (Lipinski definition) is 4. The summed E-state index contributed by atoms with van der Waals surface area (Å²) in [5.74, 6) is -3.11. The topological polar surface area (TPSA) is 156 Å². The van der Waals surface area contributed by atoms with Crippen molar-refractivity contribution >= 4 is 47.5 Å². The normalized spacial score (nSPS) is 5.59. The molecule has 0 rings (SSSR count). The van der Waals surface area contributed by atoms with Gasteiger partial charge in [-0.1, -0.05) is 0 Å². The fraction of sp³-hybridized carbons (Fsp3) is 0.500. The predicted octanol–water partition coefficient (Wildman–Crippen LogP) is -0.874. The van der Waals surface area contributed by atoms with Gasteiger partial charge < -0.3 is 20.4 Å². The van der Waals surface area contributed by atoms with Crippen LogP contribution in [0.25, 0.3) is 0 Å². The van der Waals surface area contributed by atoms with Gasteiger partial charge in [0.05, 0.1) is 0 Å². The van der Waals surface area contributed by atoms with Crippen LogP contribution in [0.4, 0.5) is 0 Å². The Bertz CT molecular complexity index is 217. The van der Waals surface area contributed by atoms with Crippen LogP contribution in [0.15, 0.2) is 0 Å². The molecule has 0 aliphatic heterocycles. The van der Waals surface area contributed by atoms with Crippen LogP contribution >= 0.6 is 0 Å². The molecule has 0 aliphatic rings. The third-order valence-corrected chi connectivity index (χ3v) is 0.0956. The van der Waals surface area contributed by atoms with Crippen molar-refractivity contribution in [2.45, 2.75) is 20.8 Å². The van der Waals surface area contributed by atoms with Crippen molar-refractivity contribution in [2.24, 2.45) is 0 Å². The molecule has 96 valence electrons. The Labute approximate surface area is 121 Å². The maximum absolute atomic E-state index is 9.01. The van der Waals surface area contributed by atoms with Gasteiger partial charge in [-0.2, -0.15) is 5.26 Å². The standard InChI is InChI=1S/C2HNO2.2C2H4O2.C2H6O.Na.H/c3-1-2(4)5;2*1-2(3)4;1-2-3;;/h(H,4,5);2*1H3,(H,3,4);3H,2H2,1H3;;. The average molecular weight is 261 g/mol. The van der Waals surface area contributed by atoms with Gasteiger partial charge in [-0.25, -0.2) is 4.79 Å². The number of nitrogens with zero attached hydrogens (tertiary/aromatic N) is 1. The van der Waals surface area contributed by atoms with Gasteiger partial charge in [0.15, 0.2) is 6.07 Å². The van der Waals surface area contributed by atoms with Crippen molar-refractivity contribution in [3.8, 4) is 6.07 Å². The molecule has 0 atom stereocenters. The Hall–Kier alpha value is -1.14. The van der Waals surface area contributed by atoms with Crippen LogP contribution in [0.3, 0.4) is 0 Å². The number of hydrogen-bond acceptors (Lipinski definition) is 5. The van der Waals surface area contributed by atoms with E-state index in [-0.39, 0.29) is 36.2 Å². The van der Waals surface area contributed by atoms with Crippen molar-refractivity contribution in [3.63, 3.8) is 0 Å². The average Bonchev–Trinajstić information content (AvgIpc) is 2.03. The first-order valence-corrected chi connectivity index (χ1v) is 3.78. The Morgan fingerprint density at radius 1 is 1.06 bits per heavy atom. The summed E-state index contributed by atoms with van der Waals surface area (Å²) >= 11 is 0. The maximum atomic E-state index is 9.01. The zero-order valence-corrected chi connectivity index (χ0v) is 9.17. The van der Waals surface area contributed by atoms with Crippen molar-refractivity contribution in [1.29, 1.82) is 5.26 Å². The van der Waals surface area contributed by atoms with Gasteiger partial charge in [-0.3, -0.25) is 9.59 Å². The van der Waals surface area contributed by atoms with Gasteiger partial charge >= 0.3 is 35.5 Å². The molecule has 0 spiro atoms. The van der Waals surface area contributed by atoms with Crippen LogP contribution in [0.5, 0.6) is 0 Å². The molecule has 8 nitrogen and oxygen atoms in total. The third kappa shape index (κ3) is 3320. The molecule has 0 radical (unpaired) electrons. The summed E-state index contributed by atoms with van der Waals surface area (Å²) in [6.45, 7) is 4.10. The first-order valence-electron chi connectivity index (χ1n) is 3.78. The molecule has 9 heteroatoms. The fourth-order valence-corrected chi connectivity index (χ4v) is 0. The molecule has 0 aliphatic carbocycles. The SMILES string of the molecule is CC(=O)O.CC(=O)O.CCO.N#CC(=O)O.[NaH]. The Kier molecular flexibility index (Phi) is 51.3. The second kappa shape index (κ2) is 29.4. The first kappa shape index (κ1) is 29.7. The van der Waals surface area contributed by atoms with Gasteiger partial charge in [0.25, 0.3) is 11.9 Å². The summed E-state index contributed by atoms with van der Waals surface area (Å²) in [6, 6.07) is 0.944. The van der Waals surface area contributed by atoms with Crippen LogP contribution in [-0.2, 0) is 14.4 Å². The van der Waals surface area contributed by atoms with E-state index >= 15 is 0 Å². The minimum atomic E-state index is -1.44. The van der Waals surface area contributed by atoms with Gasteiger partial charge in [0.2, 0.25) is 0 Å². The molecule has 0 aromatic carbocycles. The Morgan fingerprint density at radius 3 is 1.12 bits per heavy atom. The first-order chi connectivity index (χ1) is 7.15. The molecule has 0 amide bonds. The number of aliphatic hydroxyl groups excluding tert-OH is 1. The van der Waals surface area contributed by atoms with E-state index in [4.69, 9.17) is 40.1 Å². The molecule has 0 bridgehead atoms. The van der Waals surface area contributed by atoms with Crippen molar-refractivity contribution in [3.05, 3.63) is 0 Å². The summed E-state index contributed by atoms with van der Waals surface area (Å²) in [5.41, 5.74) is 0.